The topological polar surface area (TPSA) is 47.9 Å². The van der Waals surface area contributed by atoms with Gasteiger partial charge in [0.15, 0.2) is 0 Å². The van der Waals surface area contributed by atoms with E-state index in [9.17, 15) is 5.11 Å². The van der Waals surface area contributed by atoms with Gasteiger partial charge in [-0.15, -0.1) is 0 Å². The minimum atomic E-state index is -0.760. The average molecular weight is 224 g/mol. The molecule has 1 aromatic carbocycles. The number of hydrogen-bond donors (Lipinski definition) is 1. The van der Waals surface area contributed by atoms with E-state index >= 15 is 0 Å². The Morgan fingerprint density at radius 2 is 1.94 bits per heavy atom. The van der Waals surface area contributed by atoms with Crippen LogP contribution in [0.1, 0.15) is 25.7 Å². The van der Waals surface area contributed by atoms with Crippen molar-refractivity contribution in [3.63, 3.8) is 0 Å². The molecule has 1 N–H and O–H groups in total. The Balaban J connectivity index is 2.10. The number of aliphatic hydroxyl groups is 1. The summed E-state index contributed by atoms with van der Waals surface area (Å²) in [5, 5.41) is 9.75. The number of rotatable bonds is 1. The molecular weight excluding hydrogens is 208 g/mol. The van der Waals surface area contributed by atoms with Crippen molar-refractivity contribution >= 4 is 0 Å². The minimum Gasteiger partial charge on any atom is -0.388 e. The van der Waals surface area contributed by atoms with Crippen molar-refractivity contribution in [2.24, 2.45) is 0 Å². The van der Waals surface area contributed by atoms with Gasteiger partial charge in [-0.25, -0.2) is 4.89 Å². The van der Waals surface area contributed by atoms with E-state index in [0.717, 1.165) is 5.56 Å². The van der Waals surface area contributed by atoms with E-state index in [4.69, 9.17) is 14.5 Å². The van der Waals surface area contributed by atoms with Crippen LogP contribution in [0.2, 0.25) is 0 Å². The fourth-order valence-corrected chi connectivity index (χ4v) is 1.39. The fourth-order valence-electron chi connectivity index (χ4n) is 1.39. The number of ether oxygens (including phenoxy) is 1. The average Bonchev–Trinajstić information content (AvgIpc) is 2.41. The molecule has 0 saturated carbocycles. The molecule has 0 spiro atoms. The molecule has 2 atom stereocenters. The maximum Gasteiger partial charge on any atom is 0.217 e. The van der Waals surface area contributed by atoms with Crippen LogP contribution in [-0.4, -0.2) is 23.4 Å². The summed E-state index contributed by atoms with van der Waals surface area (Å²) in [7, 11) is 0. The van der Waals surface area contributed by atoms with Gasteiger partial charge in [-0.2, -0.15) is 4.89 Å². The van der Waals surface area contributed by atoms with Gasteiger partial charge >= 0.3 is 0 Å². The van der Waals surface area contributed by atoms with Gasteiger partial charge < -0.3 is 9.84 Å². The Bertz CT molecular complexity index is 336. The predicted octanol–water partition coefficient (Wildman–Crippen LogP) is 1.80. The highest BCUT2D eigenvalue weighted by Crippen LogP contribution is 2.28. The molecule has 1 aliphatic rings. The maximum atomic E-state index is 9.75. The third-order valence-corrected chi connectivity index (χ3v) is 2.63. The van der Waals surface area contributed by atoms with E-state index in [0.29, 0.717) is 0 Å². The number of aliphatic hydroxyl groups excluding tert-OH is 1. The Kier molecular flexibility index (Phi) is 3.25. The van der Waals surface area contributed by atoms with Crippen molar-refractivity contribution < 1.29 is 19.6 Å². The zero-order valence-corrected chi connectivity index (χ0v) is 9.42. The van der Waals surface area contributed by atoms with Crippen LogP contribution in [0, 0.1) is 0 Å². The van der Waals surface area contributed by atoms with E-state index in [-0.39, 0.29) is 6.61 Å². The van der Waals surface area contributed by atoms with Crippen LogP contribution in [-0.2, 0) is 14.5 Å². The normalized spacial score (nSPS) is 29.7. The van der Waals surface area contributed by atoms with Gasteiger partial charge in [0.2, 0.25) is 6.29 Å². The Hall–Kier alpha value is -0.940. The first-order chi connectivity index (χ1) is 7.59. The molecule has 0 radical (unpaired) electrons. The molecule has 4 heteroatoms. The highest BCUT2D eigenvalue weighted by atomic mass is 17.2. The lowest BCUT2D eigenvalue weighted by Gasteiger charge is -2.24. The van der Waals surface area contributed by atoms with E-state index in [1.54, 1.807) is 13.8 Å². The highest BCUT2D eigenvalue weighted by molar-refractivity contribution is 5.15. The molecule has 2 unspecified atom stereocenters. The first-order valence-electron chi connectivity index (χ1n) is 5.29. The molecule has 88 valence electrons. The number of benzene rings is 1. The molecule has 16 heavy (non-hydrogen) atoms. The van der Waals surface area contributed by atoms with E-state index in [1.807, 2.05) is 30.3 Å². The summed E-state index contributed by atoms with van der Waals surface area (Å²) < 4.78 is 5.44. The van der Waals surface area contributed by atoms with Crippen LogP contribution in [0.4, 0.5) is 0 Å². The Labute approximate surface area is 94.7 Å². The van der Waals surface area contributed by atoms with Crippen molar-refractivity contribution in [2.75, 3.05) is 6.61 Å². The quantitative estimate of drug-likeness (QED) is 0.739. The van der Waals surface area contributed by atoms with E-state index in [1.165, 1.54) is 0 Å². The van der Waals surface area contributed by atoms with Crippen molar-refractivity contribution in [3.05, 3.63) is 35.9 Å². The van der Waals surface area contributed by atoms with E-state index in [2.05, 4.69) is 0 Å². The fraction of sp³-hybridized carbons (Fsp3) is 0.500. The summed E-state index contributed by atoms with van der Waals surface area (Å²) in [4.78, 5) is 10.4. The SMILES string of the molecule is CC1(C)OOC(c2ccccc2)OCC1O. The van der Waals surface area contributed by atoms with Gasteiger partial charge in [0.05, 0.1) is 6.61 Å². The lowest BCUT2D eigenvalue weighted by Crippen LogP contribution is -2.39. The van der Waals surface area contributed by atoms with Crippen molar-refractivity contribution in [2.45, 2.75) is 31.8 Å². The van der Waals surface area contributed by atoms with Crippen molar-refractivity contribution in [1.29, 1.82) is 0 Å². The molecule has 1 saturated heterocycles. The van der Waals surface area contributed by atoms with Crippen LogP contribution in [0.25, 0.3) is 0 Å². The lowest BCUT2D eigenvalue weighted by molar-refractivity contribution is -0.410. The second-order valence-corrected chi connectivity index (χ2v) is 4.37. The van der Waals surface area contributed by atoms with Crippen LogP contribution in [0.15, 0.2) is 30.3 Å². The Morgan fingerprint density at radius 1 is 1.25 bits per heavy atom. The molecule has 0 amide bonds. The standard InChI is InChI=1S/C12H16O4/c1-12(2)10(13)8-14-11(15-16-12)9-6-4-3-5-7-9/h3-7,10-11,13H,8H2,1-2H3. The highest BCUT2D eigenvalue weighted by Gasteiger charge is 2.35. The van der Waals surface area contributed by atoms with Crippen molar-refractivity contribution in [3.8, 4) is 0 Å². The smallest absolute Gasteiger partial charge is 0.217 e. The first-order valence-corrected chi connectivity index (χ1v) is 5.29. The molecule has 1 fully saturated rings. The zero-order chi connectivity index (χ0) is 11.6. The van der Waals surface area contributed by atoms with E-state index < -0.39 is 18.0 Å². The van der Waals surface area contributed by atoms with Gasteiger partial charge in [-0.05, 0) is 13.8 Å². The zero-order valence-electron chi connectivity index (χ0n) is 9.42. The summed E-state index contributed by atoms with van der Waals surface area (Å²) in [5.74, 6) is 0. The van der Waals surface area contributed by atoms with Crippen molar-refractivity contribution in [1.82, 2.24) is 0 Å². The molecule has 0 aromatic heterocycles. The van der Waals surface area contributed by atoms with Crippen LogP contribution < -0.4 is 0 Å². The third-order valence-electron chi connectivity index (χ3n) is 2.63. The predicted molar refractivity (Wildman–Crippen MR) is 57.4 cm³/mol. The van der Waals surface area contributed by atoms with Gasteiger partial charge in [-0.1, -0.05) is 30.3 Å². The molecule has 0 bridgehead atoms. The van der Waals surface area contributed by atoms with Gasteiger partial charge in [0.25, 0.3) is 0 Å². The maximum absolute atomic E-state index is 9.75. The molecule has 1 heterocycles. The summed E-state index contributed by atoms with van der Waals surface area (Å²) in [5.41, 5.74) is 0.108. The molecule has 2 rings (SSSR count). The molecule has 1 aliphatic heterocycles. The van der Waals surface area contributed by atoms with Gasteiger partial charge in [0, 0.05) is 5.56 Å². The van der Waals surface area contributed by atoms with Gasteiger partial charge in [0.1, 0.15) is 11.7 Å². The second kappa shape index (κ2) is 4.51. The third kappa shape index (κ3) is 2.41. The lowest BCUT2D eigenvalue weighted by atomic mass is 10.0. The van der Waals surface area contributed by atoms with Crippen LogP contribution in [0.5, 0.6) is 0 Å². The van der Waals surface area contributed by atoms with Crippen LogP contribution in [0.3, 0.4) is 0 Å². The minimum absolute atomic E-state index is 0.187. The second-order valence-electron chi connectivity index (χ2n) is 4.37. The largest absolute Gasteiger partial charge is 0.388 e. The molecule has 0 aliphatic carbocycles. The van der Waals surface area contributed by atoms with Crippen LogP contribution >= 0.6 is 0 Å². The summed E-state index contributed by atoms with van der Waals surface area (Å²) in [6.45, 7) is 3.70. The molecular formula is C12H16O4. The number of hydrogen-bond acceptors (Lipinski definition) is 4. The molecule has 4 nitrogen and oxygen atoms in total. The van der Waals surface area contributed by atoms with Gasteiger partial charge in [-0.3, -0.25) is 0 Å². The molecule has 1 aromatic rings. The summed E-state index contributed by atoms with van der Waals surface area (Å²) >= 11 is 0. The summed E-state index contributed by atoms with van der Waals surface area (Å²) in [6.07, 6.45) is -1.29. The monoisotopic (exact) mass is 224 g/mol. The first kappa shape index (κ1) is 11.5. The summed E-state index contributed by atoms with van der Waals surface area (Å²) in [6, 6.07) is 9.49. The Morgan fingerprint density at radius 3 is 2.62 bits per heavy atom.